The Balaban J connectivity index is 0. The molecule has 1 fully saturated rings. The molecule has 0 N–H and O–H groups in total. The molecule has 0 spiro atoms. The number of carbonyl (C=O) groups excluding carboxylic acids is 4. The molecular weight excluding hydrogens is 716 g/mol. The first-order valence-corrected chi connectivity index (χ1v) is 13.2. The van der Waals surface area contributed by atoms with Crippen molar-refractivity contribution in [2.24, 2.45) is 0 Å². The van der Waals surface area contributed by atoms with Crippen molar-refractivity contribution in [1.82, 2.24) is 9.80 Å². The largest absolute Gasteiger partial charge is 2.00 e. The summed E-state index contributed by atoms with van der Waals surface area (Å²) in [5, 5.41) is 0. The molecule has 1 aliphatic rings. The number of carbonyl (C=O) groups is 4. The van der Waals surface area contributed by atoms with Crippen molar-refractivity contribution in [1.29, 1.82) is 0 Å². The summed E-state index contributed by atoms with van der Waals surface area (Å²) in [6.45, 7) is 1.28. The molecule has 1 aliphatic heterocycles. The second-order valence-electron chi connectivity index (χ2n) is 9.27. The van der Waals surface area contributed by atoms with Gasteiger partial charge in [-0.3, -0.25) is 19.2 Å². The van der Waals surface area contributed by atoms with Crippen LogP contribution in [-0.2, 0) is 28.1 Å². The maximum Gasteiger partial charge on any atom is 2.00 e. The standard InChI is InChI=1S/C16H8F6O2.C7H4BrF3.C6H10N2O2.Mg.2H/c17-15(18,19)11-5-1-9(2-6-11)13(23)14(24)10-3-7-12(8-4-10)16(20,21)22;8-6-3-1-5(2-4-6)7(9,10)11;1-7-3-4-8(2)6(10)5(7)9;;;/h1-8H;1-4H;3-4H2,1-2H3;;;/q;;;+2;2*-1. The third-order valence-corrected chi connectivity index (χ3v) is 6.50. The van der Waals surface area contributed by atoms with Gasteiger partial charge in [-0.15, -0.1) is 0 Å². The number of ketones is 2. The summed E-state index contributed by atoms with van der Waals surface area (Å²) in [5.41, 5.74) is -3.16. The zero-order valence-electron chi connectivity index (χ0n) is 25.9. The zero-order valence-corrected chi connectivity index (χ0v) is 26.9. The van der Waals surface area contributed by atoms with Gasteiger partial charge >= 0.3 is 53.4 Å². The molecule has 0 radical (unpaired) electrons. The summed E-state index contributed by atoms with van der Waals surface area (Å²) in [6.07, 6.45) is -13.4. The molecule has 0 saturated carbocycles. The van der Waals surface area contributed by atoms with Crippen LogP contribution in [0.5, 0.6) is 0 Å². The number of halogens is 10. The SMILES string of the molecule is CN1CCN(C)C(=O)C1=O.FC(F)(F)c1ccc(Br)cc1.O=C(C(=O)c1ccc(C(F)(F)F)cc1)c1ccc(C(F)(F)F)cc1.[H-].[H-].[Mg+2]. The molecule has 0 bridgehead atoms. The van der Waals surface area contributed by atoms with E-state index >= 15 is 0 Å². The molecular formula is C29H24BrF9MgN2O4. The first kappa shape index (κ1) is 40.6. The summed E-state index contributed by atoms with van der Waals surface area (Å²) >= 11 is 3.04. The molecule has 2 amide bonds. The van der Waals surface area contributed by atoms with Crippen LogP contribution in [0.2, 0.25) is 0 Å². The minimum absolute atomic E-state index is 0. The van der Waals surface area contributed by atoms with Crippen molar-refractivity contribution in [3.63, 3.8) is 0 Å². The number of Topliss-reactive ketones (excluding diaryl/α,β-unsaturated/α-hetero) is 2. The van der Waals surface area contributed by atoms with Crippen LogP contribution in [0.15, 0.2) is 77.3 Å². The van der Waals surface area contributed by atoms with E-state index in [1.807, 2.05) is 0 Å². The van der Waals surface area contributed by atoms with E-state index in [1.165, 1.54) is 21.9 Å². The summed E-state index contributed by atoms with van der Waals surface area (Å²) in [6, 6.07) is 10.7. The number of nitrogens with zero attached hydrogens (tertiary/aromatic N) is 2. The summed E-state index contributed by atoms with van der Waals surface area (Å²) in [4.78, 5) is 48.5. The average molecular weight is 740 g/mol. The van der Waals surface area contributed by atoms with Gasteiger partial charge in [0.05, 0.1) is 16.7 Å². The van der Waals surface area contributed by atoms with E-state index in [1.54, 1.807) is 14.1 Å². The Morgan fingerprint density at radius 2 is 0.804 bits per heavy atom. The van der Waals surface area contributed by atoms with E-state index in [9.17, 15) is 58.7 Å². The van der Waals surface area contributed by atoms with Crippen molar-refractivity contribution >= 4 is 62.4 Å². The maximum absolute atomic E-state index is 12.4. The fourth-order valence-electron chi connectivity index (χ4n) is 3.35. The van der Waals surface area contributed by atoms with Gasteiger partial charge in [0.15, 0.2) is 0 Å². The van der Waals surface area contributed by atoms with Crippen LogP contribution in [0.3, 0.4) is 0 Å². The van der Waals surface area contributed by atoms with Crippen molar-refractivity contribution in [3.05, 3.63) is 105 Å². The van der Waals surface area contributed by atoms with Crippen molar-refractivity contribution in [3.8, 4) is 0 Å². The molecule has 46 heavy (non-hydrogen) atoms. The normalized spacial score (nSPS) is 13.5. The van der Waals surface area contributed by atoms with Gasteiger partial charge in [-0.1, -0.05) is 40.2 Å². The van der Waals surface area contributed by atoms with Gasteiger partial charge < -0.3 is 12.7 Å². The Labute approximate surface area is 283 Å². The third-order valence-electron chi connectivity index (χ3n) is 5.97. The Morgan fingerprint density at radius 1 is 0.565 bits per heavy atom. The zero-order chi connectivity index (χ0) is 34.3. The predicted molar refractivity (Wildman–Crippen MR) is 154 cm³/mol. The first-order chi connectivity index (χ1) is 20.6. The van der Waals surface area contributed by atoms with Crippen molar-refractivity contribution in [2.45, 2.75) is 18.5 Å². The van der Waals surface area contributed by atoms with Crippen LogP contribution in [-0.4, -0.2) is 83.4 Å². The average Bonchev–Trinajstić information content (AvgIpc) is 2.97. The minimum atomic E-state index is -4.58. The number of amides is 2. The van der Waals surface area contributed by atoms with Crippen LogP contribution >= 0.6 is 15.9 Å². The van der Waals surface area contributed by atoms with Gasteiger partial charge in [0.1, 0.15) is 0 Å². The summed E-state index contributed by atoms with van der Waals surface area (Å²) in [7, 11) is 3.26. The van der Waals surface area contributed by atoms with Crippen LogP contribution in [0.1, 0.15) is 40.3 Å². The van der Waals surface area contributed by atoms with Crippen LogP contribution in [0.4, 0.5) is 39.5 Å². The topological polar surface area (TPSA) is 74.8 Å². The number of alkyl halides is 9. The van der Waals surface area contributed by atoms with E-state index in [4.69, 9.17) is 0 Å². The van der Waals surface area contributed by atoms with E-state index in [0.717, 1.165) is 36.4 Å². The molecule has 4 rings (SSSR count). The van der Waals surface area contributed by atoms with Gasteiger partial charge in [0, 0.05) is 42.8 Å². The molecule has 6 nitrogen and oxygen atoms in total. The van der Waals surface area contributed by atoms with Gasteiger partial charge in [-0.2, -0.15) is 39.5 Å². The van der Waals surface area contributed by atoms with Gasteiger partial charge in [0.2, 0.25) is 11.6 Å². The number of hydrogen-bond acceptors (Lipinski definition) is 4. The Bertz CT molecular complexity index is 1430. The number of likely N-dealkylation sites (N-methyl/N-ethyl adjacent to an activating group) is 2. The van der Waals surface area contributed by atoms with E-state index in [-0.39, 0.29) is 37.0 Å². The quantitative estimate of drug-likeness (QED) is 0.125. The van der Waals surface area contributed by atoms with Gasteiger partial charge in [0.25, 0.3) is 0 Å². The molecule has 0 atom stereocenters. The summed E-state index contributed by atoms with van der Waals surface area (Å²) in [5.74, 6) is -3.03. The van der Waals surface area contributed by atoms with Crippen LogP contribution in [0.25, 0.3) is 0 Å². The minimum Gasteiger partial charge on any atom is -1.00 e. The summed E-state index contributed by atoms with van der Waals surface area (Å²) < 4.78 is 111. The Morgan fingerprint density at radius 3 is 1.04 bits per heavy atom. The molecule has 17 heteroatoms. The first-order valence-electron chi connectivity index (χ1n) is 12.4. The number of rotatable bonds is 3. The van der Waals surface area contributed by atoms with E-state index in [0.29, 0.717) is 41.8 Å². The second kappa shape index (κ2) is 16.4. The molecule has 0 aromatic heterocycles. The molecule has 3 aromatic rings. The van der Waals surface area contributed by atoms with Crippen molar-refractivity contribution in [2.75, 3.05) is 27.2 Å². The predicted octanol–water partition coefficient (Wildman–Crippen LogP) is 7.02. The van der Waals surface area contributed by atoms with E-state index < -0.39 is 58.6 Å². The fourth-order valence-corrected chi connectivity index (χ4v) is 3.62. The van der Waals surface area contributed by atoms with E-state index in [2.05, 4.69) is 15.9 Å². The molecule has 1 heterocycles. The number of hydrogen-bond donors (Lipinski definition) is 0. The molecule has 1 saturated heterocycles. The molecule has 3 aromatic carbocycles. The van der Waals surface area contributed by atoms with Crippen LogP contribution < -0.4 is 0 Å². The van der Waals surface area contributed by atoms with Crippen molar-refractivity contribution < 1.29 is 61.5 Å². The number of benzene rings is 3. The second-order valence-corrected chi connectivity index (χ2v) is 10.2. The maximum atomic E-state index is 12.4. The molecule has 246 valence electrons. The number of piperazine rings is 1. The fraction of sp³-hybridized carbons (Fsp3) is 0.241. The third kappa shape index (κ3) is 11.7. The monoisotopic (exact) mass is 738 g/mol. The van der Waals surface area contributed by atoms with Gasteiger partial charge in [-0.05, 0) is 48.5 Å². The van der Waals surface area contributed by atoms with Crippen LogP contribution in [0, 0.1) is 0 Å². The molecule has 0 aliphatic carbocycles. The molecule has 0 unspecified atom stereocenters. The smallest absolute Gasteiger partial charge is 1.00 e. The Hall–Kier alpha value is -3.44. The Kier molecular flexibility index (Phi) is 14.5. The van der Waals surface area contributed by atoms with Gasteiger partial charge in [-0.25, -0.2) is 0 Å².